The summed E-state index contributed by atoms with van der Waals surface area (Å²) in [5, 5.41) is 13.4. The van der Waals surface area contributed by atoms with Crippen molar-refractivity contribution in [3.63, 3.8) is 0 Å². The lowest BCUT2D eigenvalue weighted by atomic mass is 10.1. The second kappa shape index (κ2) is 6.47. The van der Waals surface area contributed by atoms with Gasteiger partial charge in [0.15, 0.2) is 5.58 Å². The smallest absolute Gasteiger partial charge is 0.349 e. The minimum atomic E-state index is -0.815. The summed E-state index contributed by atoms with van der Waals surface area (Å²) in [6.07, 6.45) is 0. The molecule has 0 unspecified atom stereocenters. The summed E-state index contributed by atoms with van der Waals surface area (Å²) < 4.78 is 5.68. The van der Waals surface area contributed by atoms with Gasteiger partial charge in [-0.1, -0.05) is 23.2 Å². The molecule has 3 aromatic rings. The highest BCUT2D eigenvalue weighted by Crippen LogP contribution is 2.29. The fourth-order valence-electron chi connectivity index (χ4n) is 2.11. The van der Waals surface area contributed by atoms with Gasteiger partial charge in [-0.05, 0) is 52.3 Å². The highest BCUT2D eigenvalue weighted by Gasteiger charge is 2.17. The van der Waals surface area contributed by atoms with E-state index in [1.165, 1.54) is 24.3 Å². The van der Waals surface area contributed by atoms with Crippen LogP contribution in [0.15, 0.2) is 50.1 Å². The van der Waals surface area contributed by atoms with Gasteiger partial charge >= 0.3 is 5.63 Å². The Balaban J connectivity index is 2.05. The predicted molar refractivity (Wildman–Crippen MR) is 96.3 cm³/mol. The van der Waals surface area contributed by atoms with Crippen LogP contribution in [0.25, 0.3) is 11.0 Å². The zero-order valence-electron chi connectivity index (χ0n) is 11.8. The monoisotopic (exact) mass is 427 g/mol. The first-order valence-corrected chi connectivity index (χ1v) is 8.13. The van der Waals surface area contributed by atoms with Crippen molar-refractivity contribution in [3.05, 3.63) is 66.9 Å². The quantitative estimate of drug-likeness (QED) is 0.453. The summed E-state index contributed by atoms with van der Waals surface area (Å²) in [7, 11) is 0. The van der Waals surface area contributed by atoms with Gasteiger partial charge in [0.2, 0.25) is 0 Å². The summed E-state index contributed by atoms with van der Waals surface area (Å²) in [6.45, 7) is 0. The maximum Gasteiger partial charge on any atom is 0.349 e. The van der Waals surface area contributed by atoms with Gasteiger partial charge in [-0.15, -0.1) is 0 Å². The van der Waals surface area contributed by atoms with Crippen molar-refractivity contribution in [3.8, 4) is 5.75 Å². The molecule has 0 aliphatic carbocycles. The molecule has 0 fully saturated rings. The Morgan fingerprint density at radius 3 is 2.62 bits per heavy atom. The fraction of sp³-hybridized carbons (Fsp3) is 0. The highest BCUT2D eigenvalue weighted by molar-refractivity contribution is 9.10. The normalized spacial score (nSPS) is 10.8. The lowest BCUT2D eigenvalue weighted by Crippen LogP contribution is -2.20. The molecule has 0 bridgehead atoms. The Morgan fingerprint density at radius 2 is 1.88 bits per heavy atom. The summed E-state index contributed by atoms with van der Waals surface area (Å²) in [4.78, 5) is 24.4. The molecule has 1 heterocycles. The number of hydrogen-bond donors (Lipinski definition) is 2. The third-order valence-electron chi connectivity index (χ3n) is 3.20. The Morgan fingerprint density at radius 1 is 1.12 bits per heavy atom. The second-order valence-electron chi connectivity index (χ2n) is 4.87. The van der Waals surface area contributed by atoms with Gasteiger partial charge in [-0.25, -0.2) is 4.79 Å². The van der Waals surface area contributed by atoms with Gasteiger partial charge in [-0.2, -0.15) is 0 Å². The van der Waals surface area contributed by atoms with Crippen LogP contribution in [0, 0.1) is 0 Å². The van der Waals surface area contributed by atoms with Gasteiger partial charge in [0.25, 0.3) is 5.91 Å². The summed E-state index contributed by atoms with van der Waals surface area (Å²) in [5.41, 5.74) is -0.675. The molecular weight excluding hydrogens is 421 g/mol. The van der Waals surface area contributed by atoms with Crippen LogP contribution in [0.3, 0.4) is 0 Å². The van der Waals surface area contributed by atoms with Crippen LogP contribution >= 0.6 is 39.1 Å². The number of phenols is 1. The number of fused-ring (bicyclic) bond motifs is 1. The minimum Gasteiger partial charge on any atom is -0.506 e. The van der Waals surface area contributed by atoms with Crippen molar-refractivity contribution in [2.45, 2.75) is 0 Å². The molecule has 3 rings (SSSR count). The number of phenolic OH excluding ortho intramolecular Hbond substituents is 1. The zero-order chi connectivity index (χ0) is 17.4. The molecule has 2 aromatic carbocycles. The first kappa shape index (κ1) is 16.8. The van der Waals surface area contributed by atoms with Crippen LogP contribution in [0.2, 0.25) is 10.0 Å². The molecule has 1 aromatic heterocycles. The van der Waals surface area contributed by atoms with Crippen LogP contribution in [0.1, 0.15) is 10.4 Å². The van der Waals surface area contributed by atoms with E-state index in [1.54, 1.807) is 12.1 Å². The molecule has 1 amide bonds. The van der Waals surface area contributed by atoms with Crippen LogP contribution in [-0.2, 0) is 0 Å². The number of benzene rings is 2. The average molecular weight is 429 g/mol. The van der Waals surface area contributed by atoms with Crippen molar-refractivity contribution >= 4 is 61.7 Å². The SMILES string of the molecule is O=C(Nc1cc(Cl)ccc1O)c1cc2cc(Cl)cc(Br)c2oc1=O. The predicted octanol–water partition coefficient (Wildman–Crippen LogP) is 4.82. The van der Waals surface area contributed by atoms with E-state index in [9.17, 15) is 14.7 Å². The van der Waals surface area contributed by atoms with Crippen LogP contribution in [-0.4, -0.2) is 11.0 Å². The van der Waals surface area contributed by atoms with E-state index in [0.717, 1.165) is 0 Å². The number of nitrogens with one attached hydrogen (secondary N) is 1. The van der Waals surface area contributed by atoms with E-state index >= 15 is 0 Å². The van der Waals surface area contributed by atoms with E-state index < -0.39 is 11.5 Å². The molecule has 0 saturated carbocycles. The number of aromatic hydroxyl groups is 1. The molecule has 5 nitrogen and oxygen atoms in total. The van der Waals surface area contributed by atoms with Crippen molar-refractivity contribution in [1.82, 2.24) is 0 Å². The molecular formula is C16H8BrCl2NO4. The molecule has 0 spiro atoms. The molecule has 0 atom stereocenters. The number of carbonyl (C=O) groups is 1. The van der Waals surface area contributed by atoms with Gasteiger partial charge in [0, 0.05) is 15.4 Å². The number of halogens is 3. The van der Waals surface area contributed by atoms with Crippen LogP contribution < -0.4 is 10.9 Å². The highest BCUT2D eigenvalue weighted by atomic mass is 79.9. The van der Waals surface area contributed by atoms with E-state index in [1.807, 2.05) is 0 Å². The number of anilines is 1. The molecule has 0 saturated heterocycles. The van der Waals surface area contributed by atoms with Crippen molar-refractivity contribution in [2.24, 2.45) is 0 Å². The average Bonchev–Trinajstić information content (AvgIpc) is 2.51. The van der Waals surface area contributed by atoms with Crippen LogP contribution in [0.4, 0.5) is 5.69 Å². The second-order valence-corrected chi connectivity index (χ2v) is 6.60. The topological polar surface area (TPSA) is 79.5 Å². The van der Waals surface area contributed by atoms with E-state index in [-0.39, 0.29) is 22.6 Å². The number of rotatable bonds is 2. The standard InChI is InChI=1S/C16H8BrCl2NO4/c17-11-5-9(19)3-7-4-10(16(23)24-14(7)11)15(22)20-12-6-8(18)1-2-13(12)21/h1-6,21H,(H,20,22). The summed E-state index contributed by atoms with van der Waals surface area (Å²) in [5.74, 6) is -0.914. The third-order valence-corrected chi connectivity index (χ3v) is 4.25. The Kier molecular flexibility index (Phi) is 4.54. The summed E-state index contributed by atoms with van der Waals surface area (Å²) >= 11 is 15.0. The maximum atomic E-state index is 12.3. The Hall–Kier alpha value is -2.02. The Bertz CT molecular complexity index is 1030. The molecule has 0 aliphatic rings. The van der Waals surface area contributed by atoms with Gasteiger partial charge < -0.3 is 14.8 Å². The maximum absolute atomic E-state index is 12.3. The number of hydrogen-bond acceptors (Lipinski definition) is 4. The molecule has 122 valence electrons. The van der Waals surface area contributed by atoms with Gasteiger partial charge in [0.05, 0.1) is 10.2 Å². The lowest BCUT2D eigenvalue weighted by Gasteiger charge is -2.08. The number of amides is 1. The zero-order valence-corrected chi connectivity index (χ0v) is 14.9. The molecule has 24 heavy (non-hydrogen) atoms. The molecule has 0 radical (unpaired) electrons. The molecule has 2 N–H and O–H groups in total. The first-order valence-electron chi connectivity index (χ1n) is 6.58. The van der Waals surface area contributed by atoms with Crippen molar-refractivity contribution < 1.29 is 14.3 Å². The first-order chi connectivity index (χ1) is 11.3. The largest absolute Gasteiger partial charge is 0.506 e. The fourth-order valence-corrected chi connectivity index (χ4v) is 3.20. The molecule has 0 aliphatic heterocycles. The summed E-state index contributed by atoms with van der Waals surface area (Å²) in [6, 6.07) is 8.68. The van der Waals surface area contributed by atoms with E-state index in [2.05, 4.69) is 21.2 Å². The van der Waals surface area contributed by atoms with E-state index in [0.29, 0.717) is 19.9 Å². The Labute approximate surface area is 153 Å². The van der Waals surface area contributed by atoms with Crippen molar-refractivity contribution in [2.75, 3.05) is 5.32 Å². The van der Waals surface area contributed by atoms with Crippen molar-refractivity contribution in [1.29, 1.82) is 0 Å². The lowest BCUT2D eigenvalue weighted by molar-refractivity contribution is 0.102. The van der Waals surface area contributed by atoms with Gasteiger partial charge in [-0.3, -0.25) is 4.79 Å². The third kappa shape index (κ3) is 3.26. The number of carbonyl (C=O) groups excluding carboxylic acids is 1. The van der Waals surface area contributed by atoms with Crippen LogP contribution in [0.5, 0.6) is 5.75 Å². The van der Waals surface area contributed by atoms with E-state index in [4.69, 9.17) is 27.6 Å². The minimum absolute atomic E-state index is 0.0827. The molecule has 8 heteroatoms. The van der Waals surface area contributed by atoms with Gasteiger partial charge in [0.1, 0.15) is 11.3 Å².